The molecule has 0 bridgehead atoms. The predicted octanol–water partition coefficient (Wildman–Crippen LogP) is 2.31. The molecule has 0 aromatic carbocycles. The number of nitrogens with one attached hydrogen (secondary N) is 1. The molecule has 4 heteroatoms. The number of hydrogen-bond acceptors (Lipinski definition) is 3. The van der Waals surface area contributed by atoms with E-state index in [1.807, 2.05) is 6.92 Å². The number of hydrogen-bond donors (Lipinski definition) is 1. The van der Waals surface area contributed by atoms with Gasteiger partial charge in [-0.1, -0.05) is 20.8 Å². The minimum absolute atomic E-state index is 0.0751. The molecule has 78 valence electrons. The Labute approximate surface area is 88.6 Å². The summed E-state index contributed by atoms with van der Waals surface area (Å²) in [4.78, 5) is 15.6. The Bertz CT molecular complexity index is 300. The van der Waals surface area contributed by atoms with Crippen molar-refractivity contribution in [2.24, 2.45) is 5.41 Å². The van der Waals surface area contributed by atoms with Crippen molar-refractivity contribution in [1.82, 2.24) is 10.3 Å². The highest BCUT2D eigenvalue weighted by Gasteiger charge is 2.22. The van der Waals surface area contributed by atoms with Crippen LogP contribution in [0.4, 0.5) is 0 Å². The zero-order valence-electron chi connectivity index (χ0n) is 9.00. The first-order valence-corrected chi connectivity index (χ1v) is 5.54. The van der Waals surface area contributed by atoms with Crippen molar-refractivity contribution in [3.63, 3.8) is 0 Å². The third-order valence-corrected chi connectivity index (χ3v) is 2.90. The molecule has 1 atom stereocenters. The van der Waals surface area contributed by atoms with Crippen molar-refractivity contribution < 1.29 is 4.79 Å². The molecule has 0 saturated carbocycles. The summed E-state index contributed by atoms with van der Waals surface area (Å²) in [5, 5.41) is 4.68. The zero-order valence-corrected chi connectivity index (χ0v) is 9.81. The summed E-state index contributed by atoms with van der Waals surface area (Å²) in [6.45, 7) is 8.29. The van der Waals surface area contributed by atoms with E-state index in [1.54, 1.807) is 10.9 Å². The monoisotopic (exact) mass is 212 g/mol. The molecule has 0 unspecified atom stereocenters. The van der Waals surface area contributed by atoms with Crippen LogP contribution in [0.1, 0.15) is 38.2 Å². The number of carbonyl (C=O) groups is 1. The number of rotatable bonds is 2. The van der Waals surface area contributed by atoms with Gasteiger partial charge in [0.15, 0.2) is 0 Å². The van der Waals surface area contributed by atoms with E-state index in [-0.39, 0.29) is 17.4 Å². The Morgan fingerprint density at radius 3 is 2.64 bits per heavy atom. The maximum atomic E-state index is 11.6. The molecule has 14 heavy (non-hydrogen) atoms. The lowest BCUT2D eigenvalue weighted by atomic mass is 9.88. The van der Waals surface area contributed by atoms with Crippen LogP contribution >= 0.6 is 11.3 Å². The first kappa shape index (κ1) is 11.2. The average molecular weight is 212 g/mol. The van der Waals surface area contributed by atoms with Gasteiger partial charge in [0.25, 0.3) is 5.91 Å². The molecule has 1 heterocycles. The molecule has 1 aromatic rings. The predicted molar refractivity (Wildman–Crippen MR) is 58.5 cm³/mol. The SMILES string of the molecule is C[C@@H](NC(=O)c1cscn1)C(C)(C)C. The van der Waals surface area contributed by atoms with Gasteiger partial charge in [-0.3, -0.25) is 4.79 Å². The van der Waals surface area contributed by atoms with Gasteiger partial charge in [0, 0.05) is 11.4 Å². The second kappa shape index (κ2) is 4.09. The van der Waals surface area contributed by atoms with E-state index in [0.717, 1.165) is 0 Å². The third kappa shape index (κ3) is 2.80. The molecule has 0 aliphatic carbocycles. The van der Waals surface area contributed by atoms with Crippen LogP contribution in [0.2, 0.25) is 0 Å². The second-order valence-electron chi connectivity index (χ2n) is 4.43. The minimum atomic E-state index is -0.0892. The van der Waals surface area contributed by atoms with Crippen LogP contribution in [0.25, 0.3) is 0 Å². The summed E-state index contributed by atoms with van der Waals surface area (Å²) in [6, 6.07) is 0.136. The van der Waals surface area contributed by atoms with Gasteiger partial charge in [0.1, 0.15) is 5.69 Å². The Kier molecular flexibility index (Phi) is 3.26. The van der Waals surface area contributed by atoms with Gasteiger partial charge < -0.3 is 5.32 Å². The van der Waals surface area contributed by atoms with Gasteiger partial charge in [0.2, 0.25) is 0 Å². The molecule has 1 N–H and O–H groups in total. The quantitative estimate of drug-likeness (QED) is 0.817. The molecule has 1 amide bonds. The van der Waals surface area contributed by atoms with Gasteiger partial charge in [-0.15, -0.1) is 11.3 Å². The number of nitrogens with zero attached hydrogens (tertiary/aromatic N) is 1. The Hall–Kier alpha value is -0.900. The average Bonchev–Trinajstić information content (AvgIpc) is 2.53. The topological polar surface area (TPSA) is 42.0 Å². The molecule has 0 radical (unpaired) electrons. The smallest absolute Gasteiger partial charge is 0.270 e. The highest BCUT2D eigenvalue weighted by atomic mass is 32.1. The van der Waals surface area contributed by atoms with Crippen LogP contribution in [0.5, 0.6) is 0 Å². The standard InChI is InChI=1S/C10H16N2OS/c1-7(10(2,3)4)12-9(13)8-5-14-6-11-8/h5-7H,1-4H3,(H,12,13)/t7-/m1/s1. The molecule has 0 spiro atoms. The first-order chi connectivity index (χ1) is 6.41. The number of carbonyl (C=O) groups excluding carboxylic acids is 1. The van der Waals surface area contributed by atoms with Crippen molar-refractivity contribution in [1.29, 1.82) is 0 Å². The molecule has 0 aliphatic heterocycles. The molecule has 0 aliphatic rings. The van der Waals surface area contributed by atoms with Crippen molar-refractivity contribution in [2.75, 3.05) is 0 Å². The van der Waals surface area contributed by atoms with Gasteiger partial charge >= 0.3 is 0 Å². The maximum absolute atomic E-state index is 11.6. The van der Waals surface area contributed by atoms with E-state index in [1.165, 1.54) is 11.3 Å². The summed E-state index contributed by atoms with van der Waals surface area (Å²) in [5.41, 5.74) is 2.24. The molecular formula is C10H16N2OS. The van der Waals surface area contributed by atoms with Gasteiger partial charge in [-0.05, 0) is 12.3 Å². The van der Waals surface area contributed by atoms with E-state index in [0.29, 0.717) is 5.69 Å². The van der Waals surface area contributed by atoms with Gasteiger partial charge in [-0.25, -0.2) is 4.98 Å². The Balaban J connectivity index is 2.58. The van der Waals surface area contributed by atoms with E-state index < -0.39 is 0 Å². The molecule has 3 nitrogen and oxygen atoms in total. The van der Waals surface area contributed by atoms with Crippen molar-refractivity contribution in [3.8, 4) is 0 Å². The fourth-order valence-electron chi connectivity index (χ4n) is 0.812. The lowest BCUT2D eigenvalue weighted by molar-refractivity contribution is 0.0906. The maximum Gasteiger partial charge on any atom is 0.270 e. The van der Waals surface area contributed by atoms with Crippen LogP contribution < -0.4 is 5.32 Å². The normalized spacial score (nSPS) is 13.7. The van der Waals surface area contributed by atoms with Crippen LogP contribution in [0.3, 0.4) is 0 Å². The van der Waals surface area contributed by atoms with Crippen molar-refractivity contribution in [2.45, 2.75) is 33.7 Å². The van der Waals surface area contributed by atoms with Gasteiger partial charge in [0.05, 0.1) is 5.51 Å². The van der Waals surface area contributed by atoms with Crippen molar-refractivity contribution >= 4 is 17.2 Å². The van der Waals surface area contributed by atoms with Gasteiger partial charge in [-0.2, -0.15) is 0 Å². The lowest BCUT2D eigenvalue weighted by Crippen LogP contribution is -2.41. The first-order valence-electron chi connectivity index (χ1n) is 4.60. The Morgan fingerprint density at radius 1 is 1.57 bits per heavy atom. The fraction of sp³-hybridized carbons (Fsp3) is 0.600. The van der Waals surface area contributed by atoms with E-state index in [4.69, 9.17) is 0 Å². The number of aromatic nitrogens is 1. The molecule has 0 saturated heterocycles. The van der Waals surface area contributed by atoms with Crippen LogP contribution in [0.15, 0.2) is 10.9 Å². The largest absolute Gasteiger partial charge is 0.348 e. The van der Waals surface area contributed by atoms with Crippen LogP contribution in [0, 0.1) is 5.41 Å². The van der Waals surface area contributed by atoms with E-state index in [2.05, 4.69) is 31.1 Å². The van der Waals surface area contributed by atoms with Crippen LogP contribution in [-0.4, -0.2) is 16.9 Å². The second-order valence-corrected chi connectivity index (χ2v) is 5.15. The highest BCUT2D eigenvalue weighted by Crippen LogP contribution is 2.18. The molecule has 1 rings (SSSR count). The fourth-order valence-corrected chi connectivity index (χ4v) is 1.34. The highest BCUT2D eigenvalue weighted by molar-refractivity contribution is 7.07. The molecular weight excluding hydrogens is 196 g/mol. The van der Waals surface area contributed by atoms with E-state index in [9.17, 15) is 4.79 Å². The van der Waals surface area contributed by atoms with Crippen LogP contribution in [-0.2, 0) is 0 Å². The summed E-state index contributed by atoms with van der Waals surface area (Å²) >= 11 is 1.43. The Morgan fingerprint density at radius 2 is 2.21 bits per heavy atom. The minimum Gasteiger partial charge on any atom is -0.348 e. The van der Waals surface area contributed by atoms with Crippen molar-refractivity contribution in [3.05, 3.63) is 16.6 Å². The lowest BCUT2D eigenvalue weighted by Gasteiger charge is -2.27. The summed E-state index contributed by atoms with van der Waals surface area (Å²) < 4.78 is 0. The zero-order chi connectivity index (χ0) is 10.8. The summed E-state index contributed by atoms with van der Waals surface area (Å²) in [7, 11) is 0. The molecule has 1 aromatic heterocycles. The summed E-state index contributed by atoms with van der Waals surface area (Å²) in [5.74, 6) is -0.0892. The number of amides is 1. The summed E-state index contributed by atoms with van der Waals surface area (Å²) in [6.07, 6.45) is 0. The number of thiazole rings is 1. The molecule has 0 fully saturated rings. The van der Waals surface area contributed by atoms with E-state index >= 15 is 0 Å². The third-order valence-electron chi connectivity index (χ3n) is 2.31.